The van der Waals surface area contributed by atoms with Crippen LogP contribution in [0.4, 0.5) is 0 Å². The molecule has 3 aromatic rings. The summed E-state index contributed by atoms with van der Waals surface area (Å²) in [5.41, 5.74) is 1.25. The number of thiophene rings is 1. The lowest BCUT2D eigenvalue weighted by Crippen LogP contribution is -2.39. The second-order valence-corrected chi connectivity index (χ2v) is 7.22. The average Bonchev–Trinajstić information content (AvgIpc) is 2.99. The normalized spacial score (nSPS) is 16.1. The summed E-state index contributed by atoms with van der Waals surface area (Å²) in [5.74, 6) is -2.47. The van der Waals surface area contributed by atoms with Crippen LogP contribution in [0.15, 0.2) is 40.1 Å². The van der Waals surface area contributed by atoms with Crippen LogP contribution in [0.1, 0.15) is 12.5 Å². The van der Waals surface area contributed by atoms with Gasteiger partial charge in [-0.25, -0.2) is 4.99 Å². The summed E-state index contributed by atoms with van der Waals surface area (Å²) in [6, 6.07) is 9.06. The van der Waals surface area contributed by atoms with Crippen LogP contribution in [0.25, 0.3) is 15.8 Å². The van der Waals surface area contributed by atoms with Gasteiger partial charge in [-0.05, 0) is 30.3 Å². The monoisotopic (exact) mass is 399 g/mol. The molecular weight excluding hydrogens is 386 g/mol. The van der Waals surface area contributed by atoms with Crippen LogP contribution in [0.5, 0.6) is 0 Å². The number of benzene rings is 1. The molecule has 2 aromatic heterocycles. The van der Waals surface area contributed by atoms with Gasteiger partial charge in [0.1, 0.15) is 9.37 Å². The van der Waals surface area contributed by atoms with Crippen LogP contribution < -0.4 is 15.4 Å². The Morgan fingerprint density at radius 2 is 2.00 bits per heavy atom. The molecule has 1 amide bonds. The second-order valence-electron chi connectivity index (χ2n) is 5.81. The van der Waals surface area contributed by atoms with Crippen molar-refractivity contribution < 1.29 is 14.3 Å². The summed E-state index contributed by atoms with van der Waals surface area (Å²) in [4.78, 5) is 47.1. The number of nitrogens with one attached hydrogen (secondary N) is 2. The maximum Gasteiger partial charge on any atom is 0.323 e. The highest BCUT2D eigenvalue weighted by Crippen LogP contribution is 2.26. The summed E-state index contributed by atoms with van der Waals surface area (Å²) in [6.45, 7) is 1.82. The van der Waals surface area contributed by atoms with E-state index in [0.717, 1.165) is 11.3 Å². The van der Waals surface area contributed by atoms with E-state index in [9.17, 15) is 14.4 Å². The standard InChI is InChI=1S/C18H13N3O4S2/c1-2-25-17(24)11-9(8-6-4-3-5-7-8)10-12-13(15(23)21-18(26)19-12)27-16(10)20-14(11)22/h3-7,11H,2H2,1H3,(H2,19,21,23,26). The van der Waals surface area contributed by atoms with Gasteiger partial charge in [-0.1, -0.05) is 30.3 Å². The van der Waals surface area contributed by atoms with E-state index in [2.05, 4.69) is 15.0 Å². The highest BCUT2D eigenvalue weighted by Gasteiger charge is 2.36. The third-order valence-electron chi connectivity index (χ3n) is 4.19. The average molecular weight is 399 g/mol. The van der Waals surface area contributed by atoms with Crippen molar-refractivity contribution in [2.45, 2.75) is 6.92 Å². The maximum atomic E-state index is 12.7. The second kappa shape index (κ2) is 6.67. The first kappa shape index (κ1) is 17.5. The minimum absolute atomic E-state index is 0.143. The van der Waals surface area contributed by atoms with Crippen LogP contribution in [-0.2, 0) is 14.3 Å². The van der Waals surface area contributed by atoms with Gasteiger partial charge in [0.05, 0.1) is 12.1 Å². The number of fused-ring (bicyclic) bond motifs is 3. The summed E-state index contributed by atoms with van der Waals surface area (Å²) in [6.07, 6.45) is 0. The van der Waals surface area contributed by atoms with Gasteiger partial charge >= 0.3 is 5.97 Å². The van der Waals surface area contributed by atoms with Crippen LogP contribution in [-0.4, -0.2) is 28.5 Å². The molecule has 1 aliphatic heterocycles. The Bertz CT molecular complexity index is 1320. The van der Waals surface area contributed by atoms with Crippen LogP contribution in [0.3, 0.4) is 0 Å². The first-order valence-corrected chi connectivity index (χ1v) is 9.37. The third kappa shape index (κ3) is 2.84. The number of rotatable bonds is 3. The molecular formula is C18H13N3O4S2. The lowest BCUT2D eigenvalue weighted by atomic mass is 9.89. The highest BCUT2D eigenvalue weighted by atomic mass is 32.1. The topological polar surface area (TPSA) is 104 Å². The van der Waals surface area contributed by atoms with Gasteiger partial charge < -0.3 is 9.72 Å². The number of carbonyl (C=O) groups excluding carboxylic acids is 2. The number of ether oxygens (including phenoxy) is 1. The van der Waals surface area contributed by atoms with E-state index in [1.807, 2.05) is 18.2 Å². The summed E-state index contributed by atoms with van der Waals surface area (Å²) < 4.78 is 6.01. The molecule has 1 unspecified atom stereocenters. The predicted octanol–water partition coefficient (Wildman–Crippen LogP) is 1.19. The SMILES string of the molecule is CCOC(=O)C1C(=O)N=c2sc3c(=O)[nH]c(=S)[nH]c3c2=C1c1ccccc1. The largest absolute Gasteiger partial charge is 0.465 e. The fourth-order valence-electron chi connectivity index (χ4n) is 3.14. The number of hydrogen-bond acceptors (Lipinski definition) is 6. The zero-order chi connectivity index (χ0) is 19.1. The van der Waals surface area contributed by atoms with Gasteiger partial charge in [0, 0.05) is 5.22 Å². The molecule has 1 atom stereocenters. The number of carbonyl (C=O) groups is 2. The molecule has 0 spiro atoms. The molecule has 1 aliphatic rings. The molecule has 1 aromatic carbocycles. The molecule has 0 saturated heterocycles. The molecule has 27 heavy (non-hydrogen) atoms. The van der Waals surface area contributed by atoms with Crippen LogP contribution >= 0.6 is 23.6 Å². The molecule has 2 N–H and O–H groups in total. The number of aromatic amines is 2. The van der Waals surface area contributed by atoms with E-state index in [1.165, 1.54) is 0 Å². The first-order chi connectivity index (χ1) is 13.0. The minimum atomic E-state index is -1.20. The van der Waals surface area contributed by atoms with E-state index in [1.54, 1.807) is 19.1 Å². The fraction of sp³-hybridized carbons (Fsp3) is 0.167. The van der Waals surface area contributed by atoms with Crippen molar-refractivity contribution in [3.05, 3.63) is 60.9 Å². The third-order valence-corrected chi connectivity index (χ3v) is 5.47. The molecule has 0 radical (unpaired) electrons. The van der Waals surface area contributed by atoms with Gasteiger partial charge in [0.15, 0.2) is 10.7 Å². The van der Waals surface area contributed by atoms with E-state index in [-0.39, 0.29) is 16.9 Å². The number of hydrogen-bond donors (Lipinski definition) is 2. The predicted molar refractivity (Wildman–Crippen MR) is 102 cm³/mol. The summed E-state index contributed by atoms with van der Waals surface area (Å²) in [7, 11) is 0. The Labute approximate surface area is 161 Å². The lowest BCUT2D eigenvalue weighted by Gasteiger charge is -2.18. The van der Waals surface area contributed by atoms with Crippen molar-refractivity contribution >= 4 is 51.2 Å². The molecule has 0 saturated carbocycles. The number of amides is 1. The maximum absolute atomic E-state index is 12.7. The molecule has 0 aliphatic carbocycles. The van der Waals surface area contributed by atoms with Crippen molar-refractivity contribution in [3.63, 3.8) is 0 Å². The van der Waals surface area contributed by atoms with E-state index >= 15 is 0 Å². The number of H-pyrrole nitrogens is 2. The Kier molecular flexibility index (Phi) is 4.33. The molecule has 7 nitrogen and oxygen atoms in total. The van der Waals surface area contributed by atoms with E-state index < -0.39 is 17.8 Å². The number of esters is 1. The summed E-state index contributed by atoms with van der Waals surface area (Å²) in [5, 5.41) is 0.538. The van der Waals surface area contributed by atoms with Gasteiger partial charge in [0.2, 0.25) is 0 Å². The van der Waals surface area contributed by atoms with Gasteiger partial charge in [0.25, 0.3) is 11.5 Å². The molecule has 3 heterocycles. The highest BCUT2D eigenvalue weighted by molar-refractivity contribution is 7.71. The Balaban J connectivity index is 2.22. The number of aromatic nitrogens is 2. The Morgan fingerprint density at radius 1 is 1.26 bits per heavy atom. The number of nitrogens with zero attached hydrogens (tertiary/aromatic N) is 1. The first-order valence-electron chi connectivity index (χ1n) is 8.15. The minimum Gasteiger partial charge on any atom is -0.465 e. The summed E-state index contributed by atoms with van der Waals surface area (Å²) >= 11 is 6.18. The quantitative estimate of drug-likeness (QED) is 0.391. The van der Waals surface area contributed by atoms with Crippen LogP contribution in [0, 0.1) is 10.7 Å². The Morgan fingerprint density at radius 3 is 2.70 bits per heavy atom. The van der Waals surface area contributed by atoms with Crippen molar-refractivity contribution in [2.24, 2.45) is 10.9 Å². The molecule has 0 bridgehead atoms. The van der Waals surface area contributed by atoms with Crippen molar-refractivity contribution in [1.29, 1.82) is 0 Å². The van der Waals surface area contributed by atoms with Gasteiger partial charge in [-0.2, -0.15) is 0 Å². The van der Waals surface area contributed by atoms with Crippen molar-refractivity contribution in [3.8, 4) is 0 Å². The zero-order valence-corrected chi connectivity index (χ0v) is 15.7. The Hall–Kier alpha value is -2.91. The lowest BCUT2D eigenvalue weighted by molar-refractivity contribution is -0.148. The van der Waals surface area contributed by atoms with Crippen molar-refractivity contribution in [2.75, 3.05) is 6.61 Å². The molecule has 9 heteroatoms. The zero-order valence-electron chi connectivity index (χ0n) is 14.1. The molecule has 0 fully saturated rings. The van der Waals surface area contributed by atoms with Gasteiger partial charge in [-0.3, -0.25) is 19.4 Å². The van der Waals surface area contributed by atoms with Crippen LogP contribution in [0.2, 0.25) is 0 Å². The molecule has 136 valence electrons. The van der Waals surface area contributed by atoms with E-state index in [4.69, 9.17) is 17.0 Å². The smallest absolute Gasteiger partial charge is 0.323 e. The van der Waals surface area contributed by atoms with Crippen molar-refractivity contribution in [1.82, 2.24) is 9.97 Å². The molecule has 4 rings (SSSR count). The van der Waals surface area contributed by atoms with E-state index in [0.29, 0.717) is 31.2 Å². The fourth-order valence-corrected chi connectivity index (χ4v) is 4.37. The van der Waals surface area contributed by atoms with Gasteiger partial charge in [-0.15, -0.1) is 11.3 Å².